The zero-order valence-electron chi connectivity index (χ0n) is 17.8. The van der Waals surface area contributed by atoms with Crippen LogP contribution in [0.5, 0.6) is 11.5 Å². The molecule has 1 saturated heterocycles. The second-order valence-corrected chi connectivity index (χ2v) is 7.91. The second-order valence-electron chi connectivity index (χ2n) is 7.91. The molecule has 0 aliphatic carbocycles. The molecule has 3 aromatic rings. The third-order valence-electron chi connectivity index (χ3n) is 5.65. The van der Waals surface area contributed by atoms with E-state index in [4.69, 9.17) is 9.47 Å². The van der Waals surface area contributed by atoms with Crippen LogP contribution in [0.2, 0.25) is 0 Å². The summed E-state index contributed by atoms with van der Waals surface area (Å²) < 4.78 is 24.1. The van der Waals surface area contributed by atoms with Gasteiger partial charge in [0.05, 0.1) is 0 Å². The van der Waals surface area contributed by atoms with Crippen LogP contribution in [-0.4, -0.2) is 36.7 Å². The van der Waals surface area contributed by atoms with Crippen molar-refractivity contribution < 1.29 is 23.5 Å². The number of nitrogens with one attached hydrogen (secondary N) is 1. The van der Waals surface area contributed by atoms with Crippen LogP contribution in [0, 0.1) is 5.82 Å². The fraction of sp³-hybridized carbons (Fsp3) is 0.200. The summed E-state index contributed by atoms with van der Waals surface area (Å²) in [4.78, 5) is 29.0. The number of fused-ring (bicyclic) bond motifs is 1. The number of carbonyl (C=O) groups is 2. The molecule has 168 valence electrons. The van der Waals surface area contributed by atoms with Crippen LogP contribution in [0.1, 0.15) is 22.3 Å². The molecule has 0 atom stereocenters. The summed E-state index contributed by atoms with van der Waals surface area (Å²) in [7, 11) is 0. The highest BCUT2D eigenvalue weighted by molar-refractivity contribution is 6.04. The molecule has 0 unspecified atom stereocenters. The number of hydrogen-bond acceptors (Lipinski definition) is 4. The molecule has 33 heavy (non-hydrogen) atoms. The fourth-order valence-electron chi connectivity index (χ4n) is 3.99. The number of carbonyl (C=O) groups excluding carboxylic acids is 2. The second kappa shape index (κ2) is 8.82. The van der Waals surface area contributed by atoms with E-state index in [-0.39, 0.29) is 18.4 Å². The van der Waals surface area contributed by atoms with Crippen LogP contribution in [0.15, 0.2) is 66.7 Å². The minimum Gasteiger partial charge on any atom is -0.454 e. The SMILES string of the molecule is O=C(Nc1ccc(N2CCCN(Cc3ccc4c(c3)OCO4)C2=O)cc1)c1cccc(F)c1. The number of hydrogen-bond donors (Lipinski definition) is 1. The van der Waals surface area contributed by atoms with Gasteiger partial charge in [0.15, 0.2) is 11.5 Å². The maximum atomic E-state index is 13.4. The third kappa shape index (κ3) is 4.45. The number of benzene rings is 3. The topological polar surface area (TPSA) is 71.1 Å². The van der Waals surface area contributed by atoms with Crippen molar-refractivity contribution in [3.05, 3.63) is 83.7 Å². The van der Waals surface area contributed by atoms with Crippen LogP contribution >= 0.6 is 0 Å². The van der Waals surface area contributed by atoms with E-state index in [1.54, 1.807) is 40.1 Å². The Labute approximate surface area is 190 Å². The summed E-state index contributed by atoms with van der Waals surface area (Å²) in [6, 6.07) is 18.2. The molecule has 0 aromatic heterocycles. The number of halogens is 1. The average molecular weight is 447 g/mol. The van der Waals surface area contributed by atoms with Crippen molar-refractivity contribution in [1.82, 2.24) is 4.90 Å². The van der Waals surface area contributed by atoms with Gasteiger partial charge in [-0.15, -0.1) is 0 Å². The van der Waals surface area contributed by atoms with Gasteiger partial charge in [0.2, 0.25) is 6.79 Å². The minimum atomic E-state index is -0.466. The largest absolute Gasteiger partial charge is 0.454 e. The van der Waals surface area contributed by atoms with E-state index in [0.29, 0.717) is 31.1 Å². The van der Waals surface area contributed by atoms with E-state index in [1.165, 1.54) is 18.2 Å². The van der Waals surface area contributed by atoms with Gasteiger partial charge in [-0.25, -0.2) is 9.18 Å². The van der Waals surface area contributed by atoms with Crippen molar-refractivity contribution in [2.75, 3.05) is 30.1 Å². The molecular weight excluding hydrogens is 425 g/mol. The fourth-order valence-corrected chi connectivity index (χ4v) is 3.99. The van der Waals surface area contributed by atoms with E-state index in [9.17, 15) is 14.0 Å². The summed E-state index contributed by atoms with van der Waals surface area (Å²) in [6.45, 7) is 1.98. The summed E-state index contributed by atoms with van der Waals surface area (Å²) in [5, 5.41) is 2.75. The zero-order chi connectivity index (χ0) is 22.8. The summed E-state index contributed by atoms with van der Waals surface area (Å²) in [6.07, 6.45) is 0.842. The van der Waals surface area contributed by atoms with E-state index in [2.05, 4.69) is 5.32 Å². The molecule has 1 N–H and O–H groups in total. The molecule has 0 spiro atoms. The molecule has 7 nitrogen and oxygen atoms in total. The van der Waals surface area contributed by atoms with Crippen molar-refractivity contribution in [3.63, 3.8) is 0 Å². The first-order valence-electron chi connectivity index (χ1n) is 10.7. The van der Waals surface area contributed by atoms with Crippen molar-refractivity contribution in [2.45, 2.75) is 13.0 Å². The molecule has 8 heteroatoms. The Balaban J connectivity index is 1.25. The molecule has 0 bridgehead atoms. The highest BCUT2D eigenvalue weighted by Crippen LogP contribution is 2.33. The van der Waals surface area contributed by atoms with E-state index < -0.39 is 11.7 Å². The first kappa shape index (κ1) is 20.8. The molecule has 2 aliphatic rings. The Hall–Kier alpha value is -4.07. The lowest BCUT2D eigenvalue weighted by Gasteiger charge is -2.35. The highest BCUT2D eigenvalue weighted by Gasteiger charge is 2.27. The molecular formula is C25H22FN3O4. The normalized spacial score (nSPS) is 15.0. The monoisotopic (exact) mass is 447 g/mol. The maximum Gasteiger partial charge on any atom is 0.324 e. The Morgan fingerprint density at radius 2 is 1.79 bits per heavy atom. The first-order chi connectivity index (χ1) is 16.1. The number of urea groups is 1. The summed E-state index contributed by atoms with van der Waals surface area (Å²) in [5.41, 5.74) is 2.53. The Kier molecular flexibility index (Phi) is 5.56. The standard InChI is InChI=1S/C25H22FN3O4/c26-19-4-1-3-18(14-19)24(30)27-20-6-8-21(9-7-20)29-12-2-11-28(25(29)31)15-17-5-10-22-23(13-17)33-16-32-22/h1,3-10,13-14H,2,11-12,15-16H2,(H,27,30). The maximum absolute atomic E-state index is 13.4. The molecule has 2 heterocycles. The Morgan fingerprint density at radius 1 is 0.970 bits per heavy atom. The van der Waals surface area contributed by atoms with Gasteiger partial charge in [-0.1, -0.05) is 12.1 Å². The predicted octanol–water partition coefficient (Wildman–Crippen LogP) is 4.64. The van der Waals surface area contributed by atoms with Crippen LogP contribution < -0.4 is 19.7 Å². The van der Waals surface area contributed by atoms with Crippen molar-refractivity contribution >= 4 is 23.3 Å². The first-order valence-corrected chi connectivity index (χ1v) is 10.7. The quantitative estimate of drug-likeness (QED) is 0.619. The number of nitrogens with zero attached hydrogens (tertiary/aromatic N) is 2. The van der Waals surface area contributed by atoms with Gasteiger partial charge < -0.3 is 19.7 Å². The predicted molar refractivity (Wildman–Crippen MR) is 121 cm³/mol. The molecule has 3 amide bonds. The van der Waals surface area contributed by atoms with E-state index in [0.717, 1.165) is 23.4 Å². The molecule has 0 radical (unpaired) electrons. The van der Waals surface area contributed by atoms with Gasteiger partial charge in [-0.3, -0.25) is 9.69 Å². The molecule has 5 rings (SSSR count). The molecule has 2 aliphatic heterocycles. The van der Waals surface area contributed by atoms with Crippen LogP contribution in [-0.2, 0) is 6.54 Å². The van der Waals surface area contributed by atoms with Gasteiger partial charge in [0.1, 0.15) is 5.82 Å². The third-order valence-corrected chi connectivity index (χ3v) is 5.65. The summed E-state index contributed by atoms with van der Waals surface area (Å²) in [5.74, 6) is 0.553. The highest BCUT2D eigenvalue weighted by atomic mass is 19.1. The van der Waals surface area contributed by atoms with Crippen LogP contribution in [0.4, 0.5) is 20.6 Å². The van der Waals surface area contributed by atoms with E-state index in [1.807, 2.05) is 18.2 Å². The van der Waals surface area contributed by atoms with Crippen molar-refractivity contribution in [1.29, 1.82) is 0 Å². The Bertz CT molecular complexity index is 1200. The lowest BCUT2D eigenvalue weighted by Crippen LogP contribution is -2.49. The smallest absolute Gasteiger partial charge is 0.324 e. The van der Waals surface area contributed by atoms with Gasteiger partial charge >= 0.3 is 6.03 Å². The minimum absolute atomic E-state index is 0.0736. The van der Waals surface area contributed by atoms with Crippen molar-refractivity contribution in [2.24, 2.45) is 0 Å². The molecule has 3 aromatic carbocycles. The number of ether oxygens (including phenoxy) is 2. The lowest BCUT2D eigenvalue weighted by molar-refractivity contribution is 0.102. The van der Waals surface area contributed by atoms with Crippen molar-refractivity contribution in [3.8, 4) is 11.5 Å². The van der Waals surface area contributed by atoms with E-state index >= 15 is 0 Å². The van der Waals surface area contributed by atoms with Gasteiger partial charge in [-0.2, -0.15) is 0 Å². The van der Waals surface area contributed by atoms with Gasteiger partial charge in [0.25, 0.3) is 5.91 Å². The molecule has 0 saturated carbocycles. The van der Waals surface area contributed by atoms with Gasteiger partial charge in [0, 0.05) is 36.6 Å². The average Bonchev–Trinajstić information content (AvgIpc) is 3.29. The van der Waals surface area contributed by atoms with Crippen LogP contribution in [0.25, 0.3) is 0 Å². The van der Waals surface area contributed by atoms with Gasteiger partial charge in [-0.05, 0) is 66.6 Å². The Morgan fingerprint density at radius 3 is 2.61 bits per heavy atom. The molecule has 1 fully saturated rings. The van der Waals surface area contributed by atoms with Crippen LogP contribution in [0.3, 0.4) is 0 Å². The number of anilines is 2. The lowest BCUT2D eigenvalue weighted by atomic mass is 10.1. The number of rotatable bonds is 5. The number of amides is 3. The summed E-state index contributed by atoms with van der Waals surface area (Å²) >= 11 is 0. The zero-order valence-corrected chi connectivity index (χ0v) is 17.8.